The molecule has 2 aliphatic heterocycles. The van der Waals surface area contributed by atoms with Crippen LogP contribution < -0.4 is 15.4 Å². The number of fused-ring (bicyclic) bond motifs is 3. The zero-order valence-corrected chi connectivity index (χ0v) is 21.6. The standard InChI is InChI=1S/C26H27FIN5O2/c1-3-25(34)32-22-10-19-21(11-24(22)35-13-16-9-18-5-7-23(16)33(18)2)29-14-30-26(19)31-17-4-6-20(27)15(8-17)12-28/h3-4,6,8,10-11,14,16,18,23H,1,5,7,9,12-13H2,2H3,(H,32,34)(H,29,30,31). The number of hydrogen-bond donors (Lipinski definition) is 2. The van der Waals surface area contributed by atoms with Crippen LogP contribution in [-0.4, -0.2) is 46.5 Å². The highest BCUT2D eigenvalue weighted by atomic mass is 127. The fraction of sp³-hybridized carbons (Fsp3) is 0.346. The summed E-state index contributed by atoms with van der Waals surface area (Å²) in [5, 5.41) is 6.83. The van der Waals surface area contributed by atoms with Crippen LogP contribution in [0.25, 0.3) is 10.9 Å². The fourth-order valence-electron chi connectivity index (χ4n) is 5.25. The average molecular weight is 587 g/mol. The lowest BCUT2D eigenvalue weighted by Crippen LogP contribution is -2.28. The molecule has 5 rings (SSSR count). The molecule has 2 fully saturated rings. The first-order valence-electron chi connectivity index (χ1n) is 11.6. The SMILES string of the molecule is C=CC(=O)Nc1cc2c(Nc3ccc(F)c(CI)c3)ncnc2cc1OCC1CC2CCC1N2C. The van der Waals surface area contributed by atoms with Crippen molar-refractivity contribution in [3.8, 4) is 5.75 Å². The third kappa shape index (κ3) is 4.84. The van der Waals surface area contributed by atoms with Crippen molar-refractivity contribution in [3.63, 3.8) is 0 Å². The number of ether oxygens (including phenoxy) is 1. The van der Waals surface area contributed by atoms with Crippen LogP contribution in [0.4, 0.5) is 21.6 Å². The molecule has 3 heterocycles. The average Bonchev–Trinajstić information content (AvgIpc) is 3.37. The smallest absolute Gasteiger partial charge is 0.247 e. The Morgan fingerprint density at radius 1 is 1.31 bits per heavy atom. The van der Waals surface area contributed by atoms with E-state index in [-0.39, 0.29) is 11.7 Å². The van der Waals surface area contributed by atoms with Gasteiger partial charge in [0.25, 0.3) is 0 Å². The number of carbonyl (C=O) groups is 1. The molecule has 0 spiro atoms. The van der Waals surface area contributed by atoms with Gasteiger partial charge in [-0.1, -0.05) is 29.2 Å². The summed E-state index contributed by atoms with van der Waals surface area (Å²) in [6, 6.07) is 9.71. The molecule has 3 unspecified atom stereocenters. The summed E-state index contributed by atoms with van der Waals surface area (Å²) in [6.07, 6.45) is 6.30. The van der Waals surface area contributed by atoms with Crippen molar-refractivity contribution in [2.45, 2.75) is 35.8 Å². The highest BCUT2D eigenvalue weighted by Gasteiger charge is 2.44. The van der Waals surface area contributed by atoms with Crippen LogP contribution in [0.3, 0.4) is 0 Å². The van der Waals surface area contributed by atoms with E-state index in [1.54, 1.807) is 12.1 Å². The topological polar surface area (TPSA) is 79.4 Å². The van der Waals surface area contributed by atoms with Gasteiger partial charge < -0.3 is 20.3 Å². The molecule has 3 aromatic rings. The summed E-state index contributed by atoms with van der Waals surface area (Å²) < 4.78 is 20.8. The largest absolute Gasteiger partial charge is 0.491 e. The molecule has 1 aromatic heterocycles. The second-order valence-corrected chi connectivity index (χ2v) is 9.88. The summed E-state index contributed by atoms with van der Waals surface area (Å²) >= 11 is 2.13. The van der Waals surface area contributed by atoms with Crippen LogP contribution in [-0.2, 0) is 9.22 Å². The Morgan fingerprint density at radius 3 is 2.89 bits per heavy atom. The number of benzene rings is 2. The molecule has 1 amide bonds. The van der Waals surface area contributed by atoms with Crippen LogP contribution in [0.2, 0.25) is 0 Å². The molecule has 0 aliphatic carbocycles. The van der Waals surface area contributed by atoms with Crippen LogP contribution in [0, 0.1) is 11.7 Å². The van der Waals surface area contributed by atoms with Gasteiger partial charge in [-0.3, -0.25) is 4.79 Å². The highest BCUT2D eigenvalue weighted by molar-refractivity contribution is 14.1. The molecule has 182 valence electrons. The first-order chi connectivity index (χ1) is 17.0. The Labute approximate surface area is 217 Å². The van der Waals surface area contributed by atoms with E-state index >= 15 is 0 Å². The lowest BCUT2D eigenvalue weighted by atomic mass is 9.90. The minimum atomic E-state index is -0.328. The molecule has 35 heavy (non-hydrogen) atoms. The Hall–Kier alpha value is -2.79. The van der Waals surface area contributed by atoms with E-state index in [9.17, 15) is 9.18 Å². The number of halogens is 2. The van der Waals surface area contributed by atoms with Crippen molar-refractivity contribution in [1.82, 2.24) is 14.9 Å². The van der Waals surface area contributed by atoms with Gasteiger partial charge in [0.15, 0.2) is 0 Å². The van der Waals surface area contributed by atoms with E-state index in [1.165, 1.54) is 31.3 Å². The zero-order chi connectivity index (χ0) is 24.5. The quantitative estimate of drug-likeness (QED) is 0.208. The molecule has 2 N–H and O–H groups in total. The fourth-order valence-corrected chi connectivity index (χ4v) is 5.84. The van der Waals surface area contributed by atoms with Gasteiger partial charge in [-0.05, 0) is 62.2 Å². The summed E-state index contributed by atoms with van der Waals surface area (Å²) in [5.74, 6) is 1.01. The monoisotopic (exact) mass is 587 g/mol. The van der Waals surface area contributed by atoms with E-state index in [0.29, 0.717) is 62.8 Å². The van der Waals surface area contributed by atoms with Crippen LogP contribution in [0.1, 0.15) is 24.8 Å². The van der Waals surface area contributed by atoms with Crippen molar-refractivity contribution in [3.05, 3.63) is 60.7 Å². The summed E-state index contributed by atoms with van der Waals surface area (Å²) in [6.45, 7) is 4.14. The van der Waals surface area contributed by atoms with E-state index in [2.05, 4.69) is 61.7 Å². The molecule has 2 aliphatic rings. The van der Waals surface area contributed by atoms with Crippen molar-refractivity contribution in [2.75, 3.05) is 24.3 Å². The lowest BCUT2D eigenvalue weighted by molar-refractivity contribution is -0.111. The van der Waals surface area contributed by atoms with E-state index < -0.39 is 0 Å². The lowest BCUT2D eigenvalue weighted by Gasteiger charge is -2.23. The second kappa shape index (κ2) is 10.1. The minimum Gasteiger partial charge on any atom is -0.491 e. The summed E-state index contributed by atoms with van der Waals surface area (Å²) in [5.41, 5.74) is 2.53. The van der Waals surface area contributed by atoms with Crippen molar-refractivity contribution in [2.24, 2.45) is 5.92 Å². The predicted molar refractivity (Wildman–Crippen MR) is 144 cm³/mol. The Morgan fingerprint density at radius 2 is 2.17 bits per heavy atom. The molecule has 2 bridgehead atoms. The normalized spacial score (nSPS) is 21.3. The van der Waals surface area contributed by atoms with Gasteiger partial charge >= 0.3 is 0 Å². The molecular weight excluding hydrogens is 560 g/mol. The van der Waals surface area contributed by atoms with Crippen molar-refractivity contribution >= 4 is 56.6 Å². The first-order valence-corrected chi connectivity index (χ1v) is 13.2. The minimum absolute atomic E-state index is 0.240. The molecule has 9 heteroatoms. The van der Waals surface area contributed by atoms with E-state index in [4.69, 9.17) is 4.74 Å². The number of rotatable bonds is 8. The molecule has 2 saturated heterocycles. The maximum atomic E-state index is 13.9. The molecule has 2 aromatic carbocycles. The van der Waals surface area contributed by atoms with Gasteiger partial charge in [-0.25, -0.2) is 14.4 Å². The van der Waals surface area contributed by atoms with Crippen LogP contribution in [0.5, 0.6) is 5.75 Å². The molecule has 0 radical (unpaired) electrons. The Kier molecular flexibility index (Phi) is 6.88. The number of nitrogens with one attached hydrogen (secondary N) is 2. The highest BCUT2D eigenvalue weighted by Crippen LogP contribution is 2.41. The van der Waals surface area contributed by atoms with Gasteiger partial charge in [0, 0.05) is 39.6 Å². The molecular formula is C26H27FIN5O2. The third-order valence-electron chi connectivity index (χ3n) is 7.10. The van der Waals surface area contributed by atoms with Gasteiger partial charge in [0.05, 0.1) is 17.8 Å². The van der Waals surface area contributed by atoms with Crippen molar-refractivity contribution < 1.29 is 13.9 Å². The number of aromatic nitrogens is 2. The summed E-state index contributed by atoms with van der Waals surface area (Å²) in [7, 11) is 2.20. The van der Waals surface area contributed by atoms with E-state index in [0.717, 1.165) is 12.1 Å². The van der Waals surface area contributed by atoms with Crippen molar-refractivity contribution in [1.29, 1.82) is 0 Å². The first kappa shape index (κ1) is 23.9. The van der Waals surface area contributed by atoms with Gasteiger partial charge in [0.1, 0.15) is 23.7 Å². The Balaban J connectivity index is 1.45. The van der Waals surface area contributed by atoms with Gasteiger partial charge in [-0.15, -0.1) is 0 Å². The number of nitrogens with zero attached hydrogens (tertiary/aromatic N) is 3. The third-order valence-corrected chi connectivity index (χ3v) is 7.92. The van der Waals surface area contributed by atoms with Gasteiger partial charge in [-0.2, -0.15) is 0 Å². The maximum Gasteiger partial charge on any atom is 0.247 e. The maximum absolute atomic E-state index is 13.9. The molecule has 7 nitrogen and oxygen atoms in total. The summed E-state index contributed by atoms with van der Waals surface area (Å²) in [4.78, 5) is 23.5. The number of alkyl halides is 1. The van der Waals surface area contributed by atoms with Gasteiger partial charge in [0.2, 0.25) is 5.91 Å². The predicted octanol–water partition coefficient (Wildman–Crippen LogP) is 5.43. The van der Waals surface area contributed by atoms with Crippen LogP contribution >= 0.6 is 22.6 Å². The van der Waals surface area contributed by atoms with Crippen LogP contribution in [0.15, 0.2) is 49.3 Å². The number of amides is 1. The second-order valence-electron chi connectivity index (χ2n) is 9.12. The number of hydrogen-bond acceptors (Lipinski definition) is 6. The number of carbonyl (C=O) groups excluding carboxylic acids is 1. The zero-order valence-electron chi connectivity index (χ0n) is 19.4. The molecule has 0 saturated carbocycles. The molecule has 3 atom stereocenters. The Bertz CT molecular complexity index is 1290. The number of anilines is 3. The van der Waals surface area contributed by atoms with E-state index in [1.807, 2.05) is 12.1 Å².